The lowest BCUT2D eigenvalue weighted by molar-refractivity contribution is -0.113. The van der Waals surface area contributed by atoms with E-state index in [1.54, 1.807) is 13.0 Å². The molecule has 0 atom stereocenters. The minimum atomic E-state index is -0.296. The minimum Gasteiger partial charge on any atom is -0.325 e. The second-order valence-electron chi connectivity index (χ2n) is 5.07. The monoisotopic (exact) mass is 303 g/mol. The fraction of sp³-hybridized carbons (Fsp3) is 0.235. The van der Waals surface area contributed by atoms with E-state index in [1.807, 2.05) is 13.8 Å². The van der Waals surface area contributed by atoms with Crippen LogP contribution in [0.3, 0.4) is 0 Å². The van der Waals surface area contributed by atoms with Gasteiger partial charge in [-0.2, -0.15) is 0 Å². The molecule has 2 aromatic carbocycles. The molecule has 0 fully saturated rings. The van der Waals surface area contributed by atoms with E-state index in [9.17, 15) is 9.18 Å². The van der Waals surface area contributed by atoms with Crippen LogP contribution in [-0.4, -0.2) is 11.7 Å². The Hall–Kier alpha value is -1.81. The number of nitrogens with one attached hydrogen (secondary N) is 1. The van der Waals surface area contributed by atoms with Crippen LogP contribution in [0, 0.1) is 26.6 Å². The number of thioether (sulfide) groups is 1. The van der Waals surface area contributed by atoms with Gasteiger partial charge in [0.25, 0.3) is 0 Å². The van der Waals surface area contributed by atoms with Crippen LogP contribution >= 0.6 is 11.8 Å². The number of hydrogen-bond donors (Lipinski definition) is 1. The highest BCUT2D eigenvalue weighted by Crippen LogP contribution is 2.24. The third-order valence-corrected chi connectivity index (χ3v) is 4.32. The average molecular weight is 303 g/mol. The normalized spacial score (nSPS) is 10.5. The van der Waals surface area contributed by atoms with Gasteiger partial charge in [0.15, 0.2) is 0 Å². The third kappa shape index (κ3) is 4.33. The highest BCUT2D eigenvalue weighted by Gasteiger charge is 2.08. The Balaban J connectivity index is 1.97. The summed E-state index contributed by atoms with van der Waals surface area (Å²) in [5.41, 5.74) is 3.72. The SMILES string of the molecule is Cc1ccc(C)c(SCC(=O)Nc2ccc(F)cc2C)c1. The Kier molecular flexibility index (Phi) is 5.02. The molecular weight excluding hydrogens is 285 g/mol. The first kappa shape index (κ1) is 15.6. The van der Waals surface area contributed by atoms with Gasteiger partial charge in [-0.3, -0.25) is 4.79 Å². The number of rotatable bonds is 4. The van der Waals surface area contributed by atoms with Crippen LogP contribution < -0.4 is 5.32 Å². The minimum absolute atomic E-state index is 0.0874. The maximum atomic E-state index is 13.0. The summed E-state index contributed by atoms with van der Waals surface area (Å²) in [6.45, 7) is 5.84. The number of halogens is 1. The van der Waals surface area contributed by atoms with E-state index >= 15 is 0 Å². The molecule has 2 aromatic rings. The van der Waals surface area contributed by atoms with Crippen molar-refractivity contribution in [3.63, 3.8) is 0 Å². The molecular formula is C17H18FNOS. The van der Waals surface area contributed by atoms with Gasteiger partial charge in [0.2, 0.25) is 5.91 Å². The van der Waals surface area contributed by atoms with Crippen molar-refractivity contribution >= 4 is 23.4 Å². The van der Waals surface area contributed by atoms with E-state index in [0.717, 1.165) is 16.0 Å². The largest absolute Gasteiger partial charge is 0.325 e. The fourth-order valence-electron chi connectivity index (χ4n) is 1.96. The maximum absolute atomic E-state index is 13.0. The standard InChI is InChI=1S/C17H18FNOS/c1-11-4-5-12(2)16(8-11)21-10-17(20)19-15-7-6-14(18)9-13(15)3/h4-9H,10H2,1-3H3,(H,19,20). The first-order valence-electron chi connectivity index (χ1n) is 6.72. The Morgan fingerprint density at radius 3 is 2.57 bits per heavy atom. The van der Waals surface area contributed by atoms with Crippen LogP contribution in [0.5, 0.6) is 0 Å². The maximum Gasteiger partial charge on any atom is 0.234 e. The highest BCUT2D eigenvalue weighted by molar-refractivity contribution is 8.00. The quantitative estimate of drug-likeness (QED) is 0.844. The van der Waals surface area contributed by atoms with Crippen molar-refractivity contribution in [3.05, 3.63) is 58.9 Å². The number of benzene rings is 2. The van der Waals surface area contributed by atoms with E-state index in [2.05, 4.69) is 23.5 Å². The molecule has 0 aliphatic carbocycles. The van der Waals surface area contributed by atoms with Crippen molar-refractivity contribution in [1.29, 1.82) is 0 Å². The lowest BCUT2D eigenvalue weighted by Crippen LogP contribution is -2.15. The van der Waals surface area contributed by atoms with Crippen molar-refractivity contribution in [2.45, 2.75) is 25.7 Å². The van der Waals surface area contributed by atoms with E-state index < -0.39 is 0 Å². The van der Waals surface area contributed by atoms with Crippen LogP contribution in [0.25, 0.3) is 0 Å². The fourth-order valence-corrected chi connectivity index (χ4v) is 2.88. The lowest BCUT2D eigenvalue weighted by Gasteiger charge is -2.09. The molecule has 0 unspecified atom stereocenters. The Morgan fingerprint density at radius 1 is 1.10 bits per heavy atom. The first-order valence-corrected chi connectivity index (χ1v) is 7.70. The Bertz CT molecular complexity index is 670. The summed E-state index contributed by atoms with van der Waals surface area (Å²) >= 11 is 1.51. The zero-order valence-corrected chi connectivity index (χ0v) is 13.2. The second kappa shape index (κ2) is 6.76. The van der Waals surface area contributed by atoms with Gasteiger partial charge in [-0.1, -0.05) is 17.7 Å². The van der Waals surface area contributed by atoms with Crippen molar-refractivity contribution in [2.24, 2.45) is 0 Å². The van der Waals surface area contributed by atoms with E-state index in [4.69, 9.17) is 0 Å². The first-order chi connectivity index (χ1) is 9.95. The third-order valence-electron chi connectivity index (χ3n) is 3.16. The molecule has 1 amide bonds. The smallest absolute Gasteiger partial charge is 0.234 e. The molecule has 2 rings (SSSR count). The summed E-state index contributed by atoms with van der Waals surface area (Å²) in [7, 11) is 0. The Morgan fingerprint density at radius 2 is 1.86 bits per heavy atom. The predicted molar refractivity (Wildman–Crippen MR) is 86.4 cm³/mol. The van der Waals surface area contributed by atoms with Crippen LogP contribution in [0.1, 0.15) is 16.7 Å². The Labute approximate surface area is 128 Å². The van der Waals surface area contributed by atoms with Gasteiger partial charge in [0, 0.05) is 10.6 Å². The molecule has 4 heteroatoms. The molecule has 0 aliphatic rings. The van der Waals surface area contributed by atoms with Gasteiger partial charge in [-0.25, -0.2) is 4.39 Å². The van der Waals surface area contributed by atoms with Crippen LogP contribution in [-0.2, 0) is 4.79 Å². The summed E-state index contributed by atoms with van der Waals surface area (Å²) < 4.78 is 13.0. The molecule has 0 aliphatic heterocycles. The topological polar surface area (TPSA) is 29.1 Å². The number of hydrogen-bond acceptors (Lipinski definition) is 2. The highest BCUT2D eigenvalue weighted by atomic mass is 32.2. The van der Waals surface area contributed by atoms with E-state index in [0.29, 0.717) is 11.4 Å². The molecule has 0 spiro atoms. The average Bonchev–Trinajstić information content (AvgIpc) is 2.43. The molecule has 0 aromatic heterocycles. The van der Waals surface area contributed by atoms with Crippen molar-refractivity contribution in [1.82, 2.24) is 0 Å². The summed E-state index contributed by atoms with van der Waals surface area (Å²) in [5, 5.41) is 2.82. The molecule has 0 saturated heterocycles. The molecule has 110 valence electrons. The van der Waals surface area contributed by atoms with Crippen LogP contribution in [0.2, 0.25) is 0 Å². The van der Waals surface area contributed by atoms with Gasteiger partial charge in [-0.15, -0.1) is 11.8 Å². The number of amides is 1. The van der Waals surface area contributed by atoms with E-state index in [1.165, 1.54) is 29.5 Å². The zero-order valence-electron chi connectivity index (χ0n) is 12.4. The zero-order chi connectivity index (χ0) is 15.4. The summed E-state index contributed by atoms with van der Waals surface area (Å²) in [5.74, 6) is -0.0490. The van der Waals surface area contributed by atoms with Crippen molar-refractivity contribution in [3.8, 4) is 0 Å². The van der Waals surface area contributed by atoms with Crippen LogP contribution in [0.4, 0.5) is 10.1 Å². The summed E-state index contributed by atoms with van der Waals surface area (Å²) in [6, 6.07) is 10.5. The molecule has 1 N–H and O–H groups in total. The number of carbonyl (C=O) groups is 1. The number of carbonyl (C=O) groups excluding carboxylic acids is 1. The predicted octanol–water partition coefficient (Wildman–Crippen LogP) is 4.48. The number of anilines is 1. The van der Waals surface area contributed by atoms with Gasteiger partial charge in [-0.05, 0) is 56.2 Å². The molecule has 0 saturated carbocycles. The molecule has 0 radical (unpaired) electrons. The van der Waals surface area contributed by atoms with Crippen molar-refractivity contribution < 1.29 is 9.18 Å². The van der Waals surface area contributed by atoms with Crippen molar-refractivity contribution in [2.75, 3.05) is 11.1 Å². The molecule has 21 heavy (non-hydrogen) atoms. The summed E-state index contributed by atoms with van der Waals surface area (Å²) in [6.07, 6.45) is 0. The van der Waals surface area contributed by atoms with Gasteiger partial charge in [0.05, 0.1) is 5.75 Å². The number of aryl methyl sites for hydroxylation is 3. The van der Waals surface area contributed by atoms with E-state index in [-0.39, 0.29) is 11.7 Å². The molecule has 0 heterocycles. The summed E-state index contributed by atoms with van der Waals surface area (Å²) in [4.78, 5) is 13.1. The molecule has 0 bridgehead atoms. The van der Waals surface area contributed by atoms with Crippen LogP contribution in [0.15, 0.2) is 41.3 Å². The second-order valence-corrected chi connectivity index (χ2v) is 6.08. The van der Waals surface area contributed by atoms with Gasteiger partial charge < -0.3 is 5.32 Å². The van der Waals surface area contributed by atoms with Gasteiger partial charge >= 0.3 is 0 Å². The van der Waals surface area contributed by atoms with Gasteiger partial charge in [0.1, 0.15) is 5.82 Å². The lowest BCUT2D eigenvalue weighted by atomic mass is 10.2. The molecule has 2 nitrogen and oxygen atoms in total.